The molecule has 0 saturated carbocycles. The molecule has 1 aliphatic heterocycles. The van der Waals surface area contributed by atoms with Crippen LogP contribution in [0.1, 0.15) is 17.8 Å². The first kappa shape index (κ1) is 10.9. The minimum Gasteiger partial charge on any atom is -0.330 e. The highest BCUT2D eigenvalue weighted by atomic mass is 16.2. The minimum absolute atomic E-state index is 0.0282. The van der Waals surface area contributed by atoms with E-state index in [4.69, 9.17) is 5.73 Å². The highest BCUT2D eigenvalue weighted by Crippen LogP contribution is 2.21. The second-order valence-corrected chi connectivity index (χ2v) is 4.09. The van der Waals surface area contributed by atoms with Gasteiger partial charge in [0.15, 0.2) is 0 Å². The molecule has 1 saturated heterocycles. The van der Waals surface area contributed by atoms with Crippen molar-refractivity contribution in [2.24, 2.45) is 11.7 Å². The Morgan fingerprint density at radius 1 is 1.38 bits per heavy atom. The molecule has 6 nitrogen and oxygen atoms in total. The normalized spacial score (nSPS) is 20.6. The van der Waals surface area contributed by atoms with Crippen molar-refractivity contribution in [1.82, 2.24) is 15.2 Å². The molecule has 1 atom stereocenters. The third-order valence-corrected chi connectivity index (χ3v) is 2.86. The Kier molecular flexibility index (Phi) is 2.82. The lowest BCUT2D eigenvalue weighted by Crippen LogP contribution is -2.28. The van der Waals surface area contributed by atoms with Crippen LogP contribution in [-0.2, 0) is 4.79 Å². The summed E-state index contributed by atoms with van der Waals surface area (Å²) in [6.45, 7) is 4.81. The van der Waals surface area contributed by atoms with Crippen molar-refractivity contribution in [2.45, 2.75) is 20.3 Å². The maximum Gasteiger partial charge on any atom is 0.252 e. The Morgan fingerprint density at radius 2 is 2.12 bits per heavy atom. The van der Waals surface area contributed by atoms with Gasteiger partial charge >= 0.3 is 0 Å². The van der Waals surface area contributed by atoms with E-state index in [1.165, 1.54) is 0 Å². The van der Waals surface area contributed by atoms with E-state index in [2.05, 4.69) is 15.2 Å². The smallest absolute Gasteiger partial charge is 0.252 e. The van der Waals surface area contributed by atoms with Gasteiger partial charge in [-0.15, -0.1) is 5.10 Å². The number of nitrogens with two attached hydrogens (primary N) is 1. The number of rotatable bonds is 2. The highest BCUT2D eigenvalue weighted by Gasteiger charge is 2.31. The third kappa shape index (κ3) is 1.88. The first-order valence-electron chi connectivity index (χ1n) is 5.30. The molecule has 86 valence electrons. The Labute approximate surface area is 93.9 Å². The van der Waals surface area contributed by atoms with Gasteiger partial charge in [-0.3, -0.25) is 9.69 Å². The van der Waals surface area contributed by atoms with Crippen LogP contribution in [0.15, 0.2) is 0 Å². The second-order valence-electron chi connectivity index (χ2n) is 4.09. The molecule has 0 aromatic carbocycles. The molecular formula is C10H15N5O. The summed E-state index contributed by atoms with van der Waals surface area (Å²) >= 11 is 0. The lowest BCUT2D eigenvalue weighted by molar-refractivity contribution is -0.117. The summed E-state index contributed by atoms with van der Waals surface area (Å²) in [6.07, 6.45) is 0.479. The van der Waals surface area contributed by atoms with E-state index in [1.807, 2.05) is 13.8 Å². The third-order valence-electron chi connectivity index (χ3n) is 2.86. The van der Waals surface area contributed by atoms with Gasteiger partial charge in [0.05, 0.1) is 11.4 Å². The maximum absolute atomic E-state index is 11.7. The van der Waals surface area contributed by atoms with Gasteiger partial charge in [0, 0.05) is 13.0 Å². The summed E-state index contributed by atoms with van der Waals surface area (Å²) in [5, 5.41) is 7.91. The molecule has 6 heteroatoms. The molecule has 0 spiro atoms. The van der Waals surface area contributed by atoms with Crippen molar-refractivity contribution in [3.05, 3.63) is 11.4 Å². The van der Waals surface area contributed by atoms with Crippen molar-refractivity contribution >= 4 is 11.9 Å². The van der Waals surface area contributed by atoms with Crippen molar-refractivity contribution < 1.29 is 4.79 Å². The predicted molar refractivity (Wildman–Crippen MR) is 58.8 cm³/mol. The minimum atomic E-state index is 0.0282. The molecule has 1 unspecified atom stereocenters. The molecule has 0 aliphatic carbocycles. The van der Waals surface area contributed by atoms with Crippen LogP contribution in [0.4, 0.5) is 5.95 Å². The molecule has 16 heavy (non-hydrogen) atoms. The van der Waals surface area contributed by atoms with Crippen LogP contribution < -0.4 is 10.6 Å². The van der Waals surface area contributed by atoms with Crippen molar-refractivity contribution in [3.8, 4) is 0 Å². The fourth-order valence-electron chi connectivity index (χ4n) is 1.69. The lowest BCUT2D eigenvalue weighted by atomic mass is 10.1. The molecule has 1 fully saturated rings. The first-order valence-corrected chi connectivity index (χ1v) is 5.30. The average Bonchev–Trinajstić information content (AvgIpc) is 2.64. The molecule has 2 rings (SSSR count). The van der Waals surface area contributed by atoms with E-state index in [9.17, 15) is 4.79 Å². The fourth-order valence-corrected chi connectivity index (χ4v) is 1.69. The van der Waals surface area contributed by atoms with Gasteiger partial charge in [-0.2, -0.15) is 5.10 Å². The van der Waals surface area contributed by atoms with E-state index in [1.54, 1.807) is 4.90 Å². The summed E-state index contributed by atoms with van der Waals surface area (Å²) in [5.74, 6) is 0.627. The number of aromatic nitrogens is 3. The molecule has 2 heterocycles. The zero-order valence-corrected chi connectivity index (χ0v) is 9.47. The zero-order valence-electron chi connectivity index (χ0n) is 9.47. The molecule has 1 amide bonds. The van der Waals surface area contributed by atoms with Crippen LogP contribution in [0.25, 0.3) is 0 Å². The Balaban J connectivity index is 2.24. The van der Waals surface area contributed by atoms with Crippen LogP contribution in [0.5, 0.6) is 0 Å². The Hall–Kier alpha value is -1.56. The number of carbonyl (C=O) groups excluding carboxylic acids is 1. The molecule has 1 aromatic rings. The molecule has 0 radical (unpaired) electrons. The Bertz CT molecular complexity index is 420. The summed E-state index contributed by atoms with van der Waals surface area (Å²) in [4.78, 5) is 17.5. The van der Waals surface area contributed by atoms with E-state index < -0.39 is 0 Å². The van der Waals surface area contributed by atoms with E-state index >= 15 is 0 Å². The molecule has 0 bridgehead atoms. The largest absolute Gasteiger partial charge is 0.330 e. The van der Waals surface area contributed by atoms with E-state index in [0.717, 1.165) is 11.4 Å². The average molecular weight is 221 g/mol. The quantitative estimate of drug-likeness (QED) is 0.747. The molecular weight excluding hydrogens is 206 g/mol. The topological polar surface area (TPSA) is 85.0 Å². The lowest BCUT2D eigenvalue weighted by Gasteiger charge is -2.13. The molecule has 1 aromatic heterocycles. The van der Waals surface area contributed by atoms with Crippen LogP contribution in [0, 0.1) is 19.8 Å². The van der Waals surface area contributed by atoms with Gasteiger partial charge in [0.1, 0.15) is 0 Å². The number of aryl methyl sites for hydroxylation is 2. The number of hydrogen-bond donors (Lipinski definition) is 1. The van der Waals surface area contributed by atoms with Crippen molar-refractivity contribution in [3.63, 3.8) is 0 Å². The summed E-state index contributed by atoms with van der Waals surface area (Å²) < 4.78 is 0. The van der Waals surface area contributed by atoms with Gasteiger partial charge in [-0.1, -0.05) is 0 Å². The zero-order chi connectivity index (χ0) is 11.7. The second kappa shape index (κ2) is 4.13. The number of hydrogen-bond acceptors (Lipinski definition) is 5. The predicted octanol–water partition coefficient (Wildman–Crippen LogP) is -0.200. The first-order chi connectivity index (χ1) is 7.61. The SMILES string of the molecule is Cc1nnc(N2CC(CN)CC2=O)nc1C. The van der Waals surface area contributed by atoms with Gasteiger partial charge in [-0.25, -0.2) is 4.98 Å². The van der Waals surface area contributed by atoms with Crippen LogP contribution >= 0.6 is 0 Å². The van der Waals surface area contributed by atoms with Crippen molar-refractivity contribution in [2.75, 3.05) is 18.0 Å². The number of carbonyl (C=O) groups is 1. The standard InChI is InChI=1S/C10H15N5O/c1-6-7(2)13-14-10(12-6)15-5-8(4-11)3-9(15)16/h8H,3-5,11H2,1-2H3. The van der Waals surface area contributed by atoms with Crippen LogP contribution in [0.2, 0.25) is 0 Å². The van der Waals surface area contributed by atoms with Crippen LogP contribution in [0.3, 0.4) is 0 Å². The monoisotopic (exact) mass is 221 g/mol. The van der Waals surface area contributed by atoms with E-state index in [0.29, 0.717) is 25.5 Å². The van der Waals surface area contributed by atoms with E-state index in [-0.39, 0.29) is 11.8 Å². The van der Waals surface area contributed by atoms with Crippen LogP contribution in [-0.4, -0.2) is 34.2 Å². The molecule has 2 N–H and O–H groups in total. The Morgan fingerprint density at radius 3 is 2.69 bits per heavy atom. The van der Waals surface area contributed by atoms with Gasteiger partial charge in [-0.05, 0) is 26.3 Å². The van der Waals surface area contributed by atoms with Crippen molar-refractivity contribution in [1.29, 1.82) is 0 Å². The van der Waals surface area contributed by atoms with Gasteiger partial charge < -0.3 is 5.73 Å². The molecule has 1 aliphatic rings. The maximum atomic E-state index is 11.7. The summed E-state index contributed by atoms with van der Waals surface area (Å²) in [6, 6.07) is 0. The summed E-state index contributed by atoms with van der Waals surface area (Å²) in [5.41, 5.74) is 7.14. The van der Waals surface area contributed by atoms with Gasteiger partial charge in [0.25, 0.3) is 5.95 Å². The summed E-state index contributed by atoms with van der Waals surface area (Å²) in [7, 11) is 0. The highest BCUT2D eigenvalue weighted by molar-refractivity contribution is 5.94. The van der Waals surface area contributed by atoms with Gasteiger partial charge in [0.2, 0.25) is 5.91 Å². The number of anilines is 1. The number of nitrogens with zero attached hydrogens (tertiary/aromatic N) is 4. The number of amides is 1. The fraction of sp³-hybridized carbons (Fsp3) is 0.600.